The smallest absolute Gasteiger partial charge is 0.412 e. The van der Waals surface area contributed by atoms with Crippen molar-refractivity contribution in [3.8, 4) is 11.8 Å². The zero-order valence-corrected chi connectivity index (χ0v) is 16.4. The molecule has 0 aromatic heterocycles. The van der Waals surface area contributed by atoms with E-state index in [9.17, 15) is 19.1 Å². The minimum Gasteiger partial charge on any atom is -0.505 e. The number of ether oxygens (including phenoxy) is 2. The highest BCUT2D eigenvalue weighted by Crippen LogP contribution is 2.29. The van der Waals surface area contributed by atoms with Crippen molar-refractivity contribution in [1.29, 1.82) is 5.26 Å². The Kier molecular flexibility index (Phi) is 8.51. The first kappa shape index (κ1) is 23.3. The molecule has 4 N–H and O–H groups in total. The van der Waals surface area contributed by atoms with Crippen molar-refractivity contribution in [3.63, 3.8) is 0 Å². The van der Waals surface area contributed by atoms with Gasteiger partial charge in [-0.25, -0.2) is 14.7 Å². The Labute approximate surface area is 177 Å². The first-order valence-corrected chi connectivity index (χ1v) is 9.08. The summed E-state index contributed by atoms with van der Waals surface area (Å²) >= 11 is 0. The number of phenolic OH excluding ortho intramolecular Hbond substituents is 1. The molecule has 2 atom stereocenters. The molecule has 0 spiro atoms. The van der Waals surface area contributed by atoms with Gasteiger partial charge in [-0.1, -0.05) is 6.07 Å². The number of anilines is 1. The Morgan fingerprint density at radius 3 is 2.55 bits per heavy atom. The fourth-order valence-corrected chi connectivity index (χ4v) is 2.57. The van der Waals surface area contributed by atoms with E-state index in [2.05, 4.69) is 5.32 Å². The van der Waals surface area contributed by atoms with Crippen LogP contribution in [0.1, 0.15) is 24.2 Å². The molecule has 0 unspecified atom stereocenters. The van der Waals surface area contributed by atoms with Gasteiger partial charge in [0.1, 0.15) is 6.10 Å². The molecule has 31 heavy (non-hydrogen) atoms. The maximum absolute atomic E-state index is 13.9. The standard InChI is InChI=1S/C21H20FN3O6/c1-2-30-18(9-10-19(27)25-29)20(14-5-8-17(26)16(22)11-14)31-21(28)24-15-6-3-13(12-23)4-7-15/h3-11,18,20,26,29H,2H2,1H3,(H,24,28)(H,25,27)/b10-9+/t18-,20-/m0/s1. The number of hydroxylamine groups is 1. The quantitative estimate of drug-likeness (QED) is 0.287. The number of carbonyl (C=O) groups is 2. The Bertz CT molecular complexity index is 988. The number of hydrogen-bond donors (Lipinski definition) is 4. The van der Waals surface area contributed by atoms with Gasteiger partial charge in [-0.3, -0.25) is 15.3 Å². The van der Waals surface area contributed by atoms with Crippen LogP contribution in [-0.4, -0.2) is 35.0 Å². The van der Waals surface area contributed by atoms with Crippen LogP contribution in [0.25, 0.3) is 0 Å². The lowest BCUT2D eigenvalue weighted by molar-refractivity contribution is -0.124. The molecule has 9 nitrogen and oxygen atoms in total. The van der Waals surface area contributed by atoms with Gasteiger partial charge in [0.2, 0.25) is 0 Å². The zero-order chi connectivity index (χ0) is 22.8. The van der Waals surface area contributed by atoms with Crippen LogP contribution in [0.3, 0.4) is 0 Å². The number of halogens is 1. The molecule has 2 aromatic carbocycles. The maximum Gasteiger partial charge on any atom is 0.412 e. The van der Waals surface area contributed by atoms with E-state index in [1.165, 1.54) is 41.9 Å². The average molecular weight is 429 g/mol. The highest BCUT2D eigenvalue weighted by Gasteiger charge is 2.27. The first-order chi connectivity index (χ1) is 14.9. The Morgan fingerprint density at radius 1 is 1.26 bits per heavy atom. The third-order valence-corrected chi connectivity index (χ3v) is 4.00. The highest BCUT2D eigenvalue weighted by atomic mass is 19.1. The predicted molar refractivity (Wildman–Crippen MR) is 107 cm³/mol. The van der Waals surface area contributed by atoms with Gasteiger partial charge in [-0.05, 0) is 55.0 Å². The molecule has 2 amide bonds. The molecule has 0 saturated heterocycles. The summed E-state index contributed by atoms with van der Waals surface area (Å²) in [7, 11) is 0. The summed E-state index contributed by atoms with van der Waals surface area (Å²) in [4.78, 5) is 23.8. The van der Waals surface area contributed by atoms with Crippen LogP contribution in [0.2, 0.25) is 0 Å². The molecule has 2 aromatic rings. The summed E-state index contributed by atoms with van der Waals surface area (Å²) in [6, 6.07) is 11.4. The molecule has 0 bridgehead atoms. The van der Waals surface area contributed by atoms with Gasteiger partial charge in [0.25, 0.3) is 5.91 Å². The summed E-state index contributed by atoms with van der Waals surface area (Å²) in [6.45, 7) is 1.83. The zero-order valence-electron chi connectivity index (χ0n) is 16.4. The molecule has 162 valence electrons. The summed E-state index contributed by atoms with van der Waals surface area (Å²) < 4.78 is 24.9. The SMILES string of the molecule is CCO[C@@H](/C=C/C(=O)NO)[C@@H](OC(=O)Nc1ccc(C#N)cc1)c1ccc(O)c(F)c1. The molecule has 0 radical (unpaired) electrons. The molecule has 0 saturated carbocycles. The number of nitrogens with one attached hydrogen (secondary N) is 2. The number of carbonyl (C=O) groups excluding carboxylic acids is 2. The summed E-state index contributed by atoms with van der Waals surface area (Å²) in [6.07, 6.45) is -0.951. The van der Waals surface area contributed by atoms with E-state index in [0.717, 1.165) is 18.2 Å². The molecule has 0 aliphatic rings. The number of nitrogens with zero attached hydrogens (tertiary/aromatic N) is 1. The minimum atomic E-state index is -1.21. The van der Waals surface area contributed by atoms with Crippen molar-refractivity contribution in [2.24, 2.45) is 0 Å². The van der Waals surface area contributed by atoms with Crippen LogP contribution in [0.15, 0.2) is 54.6 Å². The topological polar surface area (TPSA) is 141 Å². The number of benzene rings is 2. The van der Waals surface area contributed by atoms with Crippen molar-refractivity contribution in [3.05, 3.63) is 71.6 Å². The van der Waals surface area contributed by atoms with Crippen molar-refractivity contribution >= 4 is 17.7 Å². The Morgan fingerprint density at radius 2 is 1.97 bits per heavy atom. The van der Waals surface area contributed by atoms with E-state index in [0.29, 0.717) is 11.3 Å². The lowest BCUT2D eigenvalue weighted by atomic mass is 10.0. The van der Waals surface area contributed by atoms with Crippen LogP contribution in [0.5, 0.6) is 5.75 Å². The van der Waals surface area contributed by atoms with Gasteiger partial charge in [0, 0.05) is 18.4 Å². The number of amides is 2. The fourth-order valence-electron chi connectivity index (χ4n) is 2.57. The third-order valence-electron chi connectivity index (χ3n) is 4.00. The normalized spacial score (nSPS) is 12.6. The Balaban J connectivity index is 2.31. The molecule has 0 fully saturated rings. The molecule has 0 heterocycles. The number of nitriles is 1. The van der Waals surface area contributed by atoms with Crippen molar-refractivity contribution in [2.45, 2.75) is 19.1 Å². The maximum atomic E-state index is 13.9. The van der Waals surface area contributed by atoms with Gasteiger partial charge in [0.15, 0.2) is 17.7 Å². The molecule has 10 heteroatoms. The van der Waals surface area contributed by atoms with Crippen LogP contribution in [0.4, 0.5) is 14.9 Å². The first-order valence-electron chi connectivity index (χ1n) is 9.08. The molecule has 0 aliphatic heterocycles. The number of phenols is 1. The predicted octanol–water partition coefficient (Wildman–Crippen LogP) is 3.16. The Hall–Kier alpha value is -3.94. The van der Waals surface area contributed by atoms with E-state index in [-0.39, 0.29) is 12.2 Å². The molecular formula is C21H20FN3O6. The van der Waals surface area contributed by atoms with Crippen LogP contribution >= 0.6 is 0 Å². The average Bonchev–Trinajstić information content (AvgIpc) is 2.77. The molecular weight excluding hydrogens is 409 g/mol. The molecule has 2 rings (SSSR count). The van der Waals surface area contributed by atoms with Gasteiger partial charge in [-0.2, -0.15) is 5.26 Å². The van der Waals surface area contributed by atoms with E-state index in [1.807, 2.05) is 6.07 Å². The second kappa shape index (κ2) is 11.3. The molecule has 0 aliphatic carbocycles. The highest BCUT2D eigenvalue weighted by molar-refractivity contribution is 5.86. The van der Waals surface area contributed by atoms with Crippen molar-refractivity contribution in [1.82, 2.24) is 5.48 Å². The lowest BCUT2D eigenvalue weighted by Crippen LogP contribution is -2.28. The van der Waals surface area contributed by atoms with E-state index < -0.39 is 35.8 Å². The van der Waals surface area contributed by atoms with Crippen LogP contribution in [0, 0.1) is 17.1 Å². The van der Waals surface area contributed by atoms with E-state index >= 15 is 0 Å². The second-order valence-electron chi connectivity index (χ2n) is 6.11. The summed E-state index contributed by atoms with van der Waals surface area (Å²) in [5, 5.41) is 29.4. The van der Waals surface area contributed by atoms with E-state index in [1.54, 1.807) is 6.92 Å². The second-order valence-corrected chi connectivity index (χ2v) is 6.11. The largest absolute Gasteiger partial charge is 0.505 e. The number of rotatable bonds is 8. The third kappa shape index (κ3) is 6.81. The van der Waals surface area contributed by atoms with Crippen LogP contribution in [-0.2, 0) is 14.3 Å². The van der Waals surface area contributed by atoms with Crippen molar-refractivity contribution < 1.29 is 33.8 Å². The van der Waals surface area contributed by atoms with Gasteiger partial charge in [0.05, 0.1) is 11.6 Å². The summed E-state index contributed by atoms with van der Waals surface area (Å²) in [5.74, 6) is -2.37. The number of aromatic hydroxyl groups is 1. The summed E-state index contributed by atoms with van der Waals surface area (Å²) in [5.41, 5.74) is 2.33. The van der Waals surface area contributed by atoms with E-state index in [4.69, 9.17) is 19.9 Å². The van der Waals surface area contributed by atoms with Gasteiger partial charge in [-0.15, -0.1) is 0 Å². The van der Waals surface area contributed by atoms with Crippen LogP contribution < -0.4 is 10.8 Å². The van der Waals surface area contributed by atoms with Gasteiger partial charge < -0.3 is 14.6 Å². The van der Waals surface area contributed by atoms with Crippen molar-refractivity contribution in [2.75, 3.05) is 11.9 Å². The van der Waals surface area contributed by atoms with Gasteiger partial charge >= 0.3 is 6.09 Å². The monoisotopic (exact) mass is 429 g/mol. The fraction of sp³-hybridized carbons (Fsp3) is 0.190. The number of hydrogen-bond acceptors (Lipinski definition) is 7. The lowest BCUT2D eigenvalue weighted by Gasteiger charge is -2.25. The minimum absolute atomic E-state index is 0.151.